The molecule has 1 aromatic carbocycles. The lowest BCUT2D eigenvalue weighted by atomic mass is 10.3. The van der Waals surface area contributed by atoms with Crippen molar-refractivity contribution in [3.05, 3.63) is 54.0 Å². The molecule has 0 N–H and O–H groups in total. The molecule has 3 rings (SSSR count). The topological polar surface area (TPSA) is 63.7 Å². The summed E-state index contributed by atoms with van der Waals surface area (Å²) in [5.41, 5.74) is 2.70. The Labute approximate surface area is 128 Å². The molecule has 0 saturated heterocycles. The summed E-state index contributed by atoms with van der Waals surface area (Å²) in [6.45, 7) is 2.91. The normalized spacial score (nSPS) is 10.5. The molecule has 0 radical (unpaired) electrons. The molecule has 5 nitrogen and oxygen atoms in total. The van der Waals surface area contributed by atoms with Gasteiger partial charge in [-0.05, 0) is 30.7 Å². The summed E-state index contributed by atoms with van der Waals surface area (Å²) in [4.78, 5) is 9.05. The zero-order chi connectivity index (χ0) is 15.4. The molecule has 22 heavy (non-hydrogen) atoms. The van der Waals surface area contributed by atoms with E-state index in [1.54, 1.807) is 0 Å². The summed E-state index contributed by atoms with van der Waals surface area (Å²) >= 11 is 0. The van der Waals surface area contributed by atoms with E-state index in [1.165, 1.54) is 0 Å². The first kappa shape index (κ1) is 14.1. The Kier molecular flexibility index (Phi) is 4.01. The number of nitriles is 1. The second-order valence-corrected chi connectivity index (χ2v) is 5.04. The first-order valence-electron chi connectivity index (χ1n) is 7.14. The molecule has 2 aromatic heterocycles. The van der Waals surface area contributed by atoms with Gasteiger partial charge in [0.05, 0.1) is 12.5 Å². The van der Waals surface area contributed by atoms with E-state index in [2.05, 4.69) is 16.0 Å². The van der Waals surface area contributed by atoms with Crippen LogP contribution in [0.5, 0.6) is 5.75 Å². The minimum atomic E-state index is 0.352. The van der Waals surface area contributed by atoms with Gasteiger partial charge in [0.1, 0.15) is 23.7 Å². The predicted molar refractivity (Wildman–Crippen MR) is 83.3 cm³/mol. The molecule has 0 bridgehead atoms. The highest BCUT2D eigenvalue weighted by Crippen LogP contribution is 2.18. The zero-order valence-corrected chi connectivity index (χ0v) is 12.4. The van der Waals surface area contributed by atoms with Crippen LogP contribution < -0.4 is 4.74 Å². The van der Waals surface area contributed by atoms with Crippen molar-refractivity contribution in [2.75, 3.05) is 0 Å². The molecule has 5 heteroatoms. The molecule has 0 saturated carbocycles. The van der Waals surface area contributed by atoms with Gasteiger partial charge in [-0.25, -0.2) is 9.97 Å². The molecule has 0 amide bonds. The van der Waals surface area contributed by atoms with Gasteiger partial charge in [0.2, 0.25) is 0 Å². The summed E-state index contributed by atoms with van der Waals surface area (Å²) in [5.74, 6) is 1.58. The Morgan fingerprint density at radius 3 is 2.86 bits per heavy atom. The van der Waals surface area contributed by atoms with E-state index >= 15 is 0 Å². The number of aryl methyl sites for hydroxylation is 2. The third-order valence-corrected chi connectivity index (χ3v) is 3.36. The third kappa shape index (κ3) is 2.91. The fraction of sp³-hybridized carbons (Fsp3) is 0.235. The van der Waals surface area contributed by atoms with Gasteiger partial charge >= 0.3 is 0 Å². The molecular formula is C17H16N4O. The number of hydrogen-bond donors (Lipinski definition) is 0. The van der Waals surface area contributed by atoms with Crippen LogP contribution in [0.15, 0.2) is 42.6 Å². The molecule has 0 aliphatic carbocycles. The van der Waals surface area contributed by atoms with Crippen molar-refractivity contribution < 1.29 is 4.74 Å². The van der Waals surface area contributed by atoms with Crippen molar-refractivity contribution in [3.63, 3.8) is 0 Å². The number of fused-ring (bicyclic) bond motifs is 1. The van der Waals surface area contributed by atoms with E-state index in [4.69, 9.17) is 10.00 Å². The average Bonchev–Trinajstić information content (AvgIpc) is 2.88. The Morgan fingerprint density at radius 2 is 2.09 bits per heavy atom. The lowest BCUT2D eigenvalue weighted by Crippen LogP contribution is -2.07. The zero-order valence-electron chi connectivity index (χ0n) is 12.4. The highest BCUT2D eigenvalue weighted by atomic mass is 16.5. The van der Waals surface area contributed by atoms with E-state index in [0.29, 0.717) is 19.6 Å². The number of para-hydroxylation sites is 1. The van der Waals surface area contributed by atoms with Gasteiger partial charge < -0.3 is 9.30 Å². The highest BCUT2D eigenvalue weighted by molar-refractivity contribution is 5.72. The molecule has 3 aromatic rings. The number of aromatic nitrogens is 3. The van der Waals surface area contributed by atoms with Crippen LogP contribution in [0, 0.1) is 18.3 Å². The minimum Gasteiger partial charge on any atom is -0.486 e. The fourth-order valence-corrected chi connectivity index (χ4v) is 2.33. The monoisotopic (exact) mass is 292 g/mol. The van der Waals surface area contributed by atoms with E-state index in [1.807, 2.05) is 54.1 Å². The summed E-state index contributed by atoms with van der Waals surface area (Å²) in [5, 5.41) is 8.84. The molecule has 0 atom stereocenters. The maximum absolute atomic E-state index is 8.84. The van der Waals surface area contributed by atoms with Gasteiger partial charge in [-0.15, -0.1) is 0 Å². The molecule has 2 heterocycles. The number of pyridine rings is 1. The van der Waals surface area contributed by atoms with Gasteiger partial charge in [0, 0.05) is 12.7 Å². The van der Waals surface area contributed by atoms with Gasteiger partial charge in [-0.3, -0.25) is 0 Å². The Balaban J connectivity index is 1.91. The molecular weight excluding hydrogens is 276 g/mol. The van der Waals surface area contributed by atoms with Gasteiger partial charge in [-0.2, -0.15) is 5.26 Å². The lowest BCUT2D eigenvalue weighted by Gasteiger charge is -2.08. The Bertz CT molecular complexity index is 818. The van der Waals surface area contributed by atoms with Crippen LogP contribution >= 0.6 is 0 Å². The van der Waals surface area contributed by atoms with Crippen molar-refractivity contribution >= 4 is 11.2 Å². The second-order valence-electron chi connectivity index (χ2n) is 5.04. The summed E-state index contributed by atoms with van der Waals surface area (Å²) in [6, 6.07) is 13.8. The molecule has 0 fully saturated rings. The Hall–Kier alpha value is -2.87. The molecule has 0 unspecified atom stereocenters. The summed E-state index contributed by atoms with van der Waals surface area (Å²) in [7, 11) is 0. The standard InChI is InChI=1S/C17H16N4O/c1-13-10-15-17(19-11-13)21(9-5-8-18)16(20-15)12-22-14-6-3-2-4-7-14/h2-4,6-7,10-11H,5,9,12H2,1H3. The number of rotatable bonds is 5. The maximum Gasteiger partial charge on any atom is 0.160 e. The second kappa shape index (κ2) is 6.27. The first-order valence-corrected chi connectivity index (χ1v) is 7.14. The fourth-order valence-electron chi connectivity index (χ4n) is 2.33. The van der Waals surface area contributed by atoms with Gasteiger partial charge in [0.15, 0.2) is 5.65 Å². The van der Waals surface area contributed by atoms with Crippen LogP contribution in [0.1, 0.15) is 17.8 Å². The number of ether oxygens (including phenoxy) is 1. The van der Waals surface area contributed by atoms with Gasteiger partial charge in [0.25, 0.3) is 0 Å². The van der Waals surface area contributed by atoms with Crippen LogP contribution in [0.25, 0.3) is 11.2 Å². The van der Waals surface area contributed by atoms with E-state index in [-0.39, 0.29) is 0 Å². The van der Waals surface area contributed by atoms with Crippen LogP contribution in [0.3, 0.4) is 0 Å². The van der Waals surface area contributed by atoms with Crippen LogP contribution in [-0.2, 0) is 13.2 Å². The van der Waals surface area contributed by atoms with Crippen molar-refractivity contribution in [3.8, 4) is 11.8 Å². The van der Waals surface area contributed by atoms with Crippen molar-refractivity contribution in [2.45, 2.75) is 26.5 Å². The summed E-state index contributed by atoms with van der Waals surface area (Å²) < 4.78 is 7.74. The first-order chi connectivity index (χ1) is 10.8. The maximum atomic E-state index is 8.84. The number of nitrogens with zero attached hydrogens (tertiary/aromatic N) is 4. The van der Waals surface area contributed by atoms with Crippen molar-refractivity contribution in [1.29, 1.82) is 5.26 Å². The SMILES string of the molecule is Cc1cnc2c(c1)nc(COc1ccccc1)n2CCC#N. The molecule has 110 valence electrons. The minimum absolute atomic E-state index is 0.352. The third-order valence-electron chi connectivity index (χ3n) is 3.36. The lowest BCUT2D eigenvalue weighted by molar-refractivity contribution is 0.290. The van der Waals surface area contributed by atoms with Crippen LogP contribution in [0.2, 0.25) is 0 Å². The van der Waals surface area contributed by atoms with E-state index in [0.717, 1.165) is 28.3 Å². The van der Waals surface area contributed by atoms with Crippen molar-refractivity contribution in [2.24, 2.45) is 0 Å². The molecule has 0 spiro atoms. The average molecular weight is 292 g/mol. The highest BCUT2D eigenvalue weighted by Gasteiger charge is 2.12. The van der Waals surface area contributed by atoms with Crippen LogP contribution in [-0.4, -0.2) is 14.5 Å². The number of hydrogen-bond acceptors (Lipinski definition) is 4. The number of benzene rings is 1. The smallest absolute Gasteiger partial charge is 0.160 e. The van der Waals surface area contributed by atoms with Crippen molar-refractivity contribution in [1.82, 2.24) is 14.5 Å². The van der Waals surface area contributed by atoms with Crippen LogP contribution in [0.4, 0.5) is 0 Å². The number of imidazole rings is 1. The quantitative estimate of drug-likeness (QED) is 0.724. The van der Waals surface area contributed by atoms with Gasteiger partial charge in [-0.1, -0.05) is 18.2 Å². The van der Waals surface area contributed by atoms with E-state index < -0.39 is 0 Å². The molecule has 0 aliphatic rings. The molecule has 0 aliphatic heterocycles. The van der Waals surface area contributed by atoms with E-state index in [9.17, 15) is 0 Å². The predicted octanol–water partition coefficient (Wildman–Crippen LogP) is 3.23. The Morgan fingerprint density at radius 1 is 1.27 bits per heavy atom. The summed E-state index contributed by atoms with van der Waals surface area (Å²) in [6.07, 6.45) is 2.23. The largest absolute Gasteiger partial charge is 0.486 e.